The second kappa shape index (κ2) is 5.47. The van der Waals surface area contributed by atoms with Crippen LogP contribution >= 0.6 is 0 Å². The smallest absolute Gasteiger partial charge is 0.322 e. The molecule has 7 heteroatoms. The van der Waals surface area contributed by atoms with Crippen LogP contribution in [0.15, 0.2) is 24.3 Å². The third-order valence-corrected chi connectivity index (χ3v) is 2.65. The molecule has 0 radical (unpaired) electrons. The highest BCUT2D eigenvalue weighted by atomic mass is 19.1. The van der Waals surface area contributed by atoms with Crippen LogP contribution in [0.25, 0.3) is 0 Å². The predicted molar refractivity (Wildman–Crippen MR) is 64.7 cm³/mol. The third kappa shape index (κ3) is 3.51. The summed E-state index contributed by atoms with van der Waals surface area (Å²) in [5.74, 6) is -1.12. The van der Waals surface area contributed by atoms with Crippen molar-refractivity contribution in [2.24, 2.45) is 0 Å². The van der Waals surface area contributed by atoms with Gasteiger partial charge in [-0.3, -0.25) is 14.9 Å². The molecule has 0 aliphatic carbocycles. The van der Waals surface area contributed by atoms with Crippen molar-refractivity contribution in [2.75, 3.05) is 5.32 Å². The Hall–Kier alpha value is -2.44. The van der Waals surface area contributed by atoms with E-state index in [2.05, 4.69) is 16.0 Å². The molecule has 19 heavy (non-hydrogen) atoms. The molecule has 0 unspecified atom stereocenters. The molecule has 4 amide bonds. The highest BCUT2D eigenvalue weighted by molar-refractivity contribution is 6.04. The van der Waals surface area contributed by atoms with Gasteiger partial charge in [0.15, 0.2) is 0 Å². The van der Waals surface area contributed by atoms with Gasteiger partial charge in [-0.1, -0.05) is 0 Å². The number of hydrogen-bond acceptors (Lipinski definition) is 3. The molecule has 1 fully saturated rings. The molecule has 0 spiro atoms. The summed E-state index contributed by atoms with van der Waals surface area (Å²) >= 11 is 0. The van der Waals surface area contributed by atoms with E-state index in [1.165, 1.54) is 24.3 Å². The minimum absolute atomic E-state index is 0.0791. The van der Waals surface area contributed by atoms with Gasteiger partial charge < -0.3 is 10.6 Å². The Kier molecular flexibility index (Phi) is 3.74. The number of urea groups is 1. The number of rotatable bonds is 4. The second-order valence-electron chi connectivity index (χ2n) is 4.11. The van der Waals surface area contributed by atoms with E-state index in [-0.39, 0.29) is 24.6 Å². The van der Waals surface area contributed by atoms with Gasteiger partial charge in [-0.2, -0.15) is 0 Å². The lowest BCUT2D eigenvalue weighted by atomic mass is 10.1. The summed E-state index contributed by atoms with van der Waals surface area (Å²) in [5.41, 5.74) is 0.478. The lowest BCUT2D eigenvalue weighted by molar-refractivity contribution is -0.120. The van der Waals surface area contributed by atoms with Crippen LogP contribution in [-0.4, -0.2) is 23.9 Å². The van der Waals surface area contributed by atoms with E-state index in [0.717, 1.165) is 0 Å². The van der Waals surface area contributed by atoms with Gasteiger partial charge in [0.2, 0.25) is 5.91 Å². The zero-order valence-corrected chi connectivity index (χ0v) is 9.90. The summed E-state index contributed by atoms with van der Waals surface area (Å²) in [4.78, 5) is 33.7. The summed E-state index contributed by atoms with van der Waals surface area (Å²) in [7, 11) is 0. The summed E-state index contributed by atoms with van der Waals surface area (Å²) in [5, 5.41) is 7.05. The first-order chi connectivity index (χ1) is 9.04. The fraction of sp³-hybridized carbons (Fsp3) is 0.250. The van der Waals surface area contributed by atoms with E-state index in [1.807, 2.05) is 0 Å². The molecule has 6 nitrogen and oxygen atoms in total. The Bertz CT molecular complexity index is 515. The van der Waals surface area contributed by atoms with Gasteiger partial charge in [0, 0.05) is 12.1 Å². The quantitative estimate of drug-likeness (QED) is 0.702. The van der Waals surface area contributed by atoms with Crippen LogP contribution in [0.1, 0.15) is 12.8 Å². The Morgan fingerprint density at radius 1 is 1.26 bits per heavy atom. The number of nitrogens with one attached hydrogen (secondary N) is 3. The number of hydrogen-bond donors (Lipinski definition) is 3. The van der Waals surface area contributed by atoms with Crippen LogP contribution in [0.3, 0.4) is 0 Å². The van der Waals surface area contributed by atoms with Crippen LogP contribution in [0.5, 0.6) is 0 Å². The molecule has 1 atom stereocenters. The van der Waals surface area contributed by atoms with Gasteiger partial charge >= 0.3 is 6.03 Å². The average Bonchev–Trinajstić information content (AvgIpc) is 2.68. The molecule has 3 N–H and O–H groups in total. The third-order valence-electron chi connectivity index (χ3n) is 2.65. The number of halogens is 1. The number of imide groups is 1. The maximum Gasteiger partial charge on any atom is 0.322 e. The minimum atomic E-state index is -0.675. The molecule has 2 rings (SSSR count). The Labute approximate surface area is 108 Å². The summed E-state index contributed by atoms with van der Waals surface area (Å²) in [6.45, 7) is 0. The molecule has 1 aliphatic heterocycles. The maximum absolute atomic E-state index is 12.7. The van der Waals surface area contributed by atoms with Crippen molar-refractivity contribution in [1.82, 2.24) is 10.6 Å². The van der Waals surface area contributed by atoms with Crippen molar-refractivity contribution in [2.45, 2.75) is 18.9 Å². The number of anilines is 1. The monoisotopic (exact) mass is 265 g/mol. The van der Waals surface area contributed by atoms with E-state index >= 15 is 0 Å². The van der Waals surface area contributed by atoms with Crippen molar-refractivity contribution in [3.05, 3.63) is 30.1 Å². The van der Waals surface area contributed by atoms with E-state index in [9.17, 15) is 18.8 Å². The number of carbonyl (C=O) groups is 3. The normalized spacial score (nSPS) is 17.8. The molecule has 1 aromatic carbocycles. The van der Waals surface area contributed by atoms with Gasteiger partial charge in [0.05, 0.1) is 0 Å². The topological polar surface area (TPSA) is 87.3 Å². The molecule has 0 bridgehead atoms. The fourth-order valence-electron chi connectivity index (χ4n) is 1.69. The summed E-state index contributed by atoms with van der Waals surface area (Å²) in [6, 6.07) is 4.13. The van der Waals surface area contributed by atoms with E-state index in [1.54, 1.807) is 0 Å². The second-order valence-corrected chi connectivity index (χ2v) is 4.11. The lowest BCUT2D eigenvalue weighted by Gasteiger charge is -2.07. The van der Waals surface area contributed by atoms with Crippen molar-refractivity contribution in [3.63, 3.8) is 0 Å². The van der Waals surface area contributed by atoms with Crippen LogP contribution in [0.2, 0.25) is 0 Å². The van der Waals surface area contributed by atoms with Crippen molar-refractivity contribution in [3.8, 4) is 0 Å². The fourth-order valence-corrected chi connectivity index (χ4v) is 1.69. The highest BCUT2D eigenvalue weighted by Crippen LogP contribution is 2.10. The van der Waals surface area contributed by atoms with E-state index in [0.29, 0.717) is 5.69 Å². The first-order valence-electron chi connectivity index (χ1n) is 5.71. The SMILES string of the molecule is O=C(CC[C@@H]1NC(=O)NC1=O)Nc1ccc(F)cc1. The van der Waals surface area contributed by atoms with E-state index < -0.39 is 18.0 Å². The molecule has 1 aromatic rings. The number of amides is 4. The molecular formula is C12H12FN3O3. The van der Waals surface area contributed by atoms with Crippen molar-refractivity contribution < 1.29 is 18.8 Å². The highest BCUT2D eigenvalue weighted by Gasteiger charge is 2.29. The van der Waals surface area contributed by atoms with Gasteiger partial charge in [0.25, 0.3) is 5.91 Å². The molecule has 1 saturated heterocycles. The van der Waals surface area contributed by atoms with Gasteiger partial charge in [0.1, 0.15) is 11.9 Å². The molecular weight excluding hydrogens is 253 g/mol. The molecule has 1 aliphatic rings. The minimum Gasteiger partial charge on any atom is -0.326 e. The first-order valence-corrected chi connectivity index (χ1v) is 5.71. The van der Waals surface area contributed by atoms with Crippen LogP contribution < -0.4 is 16.0 Å². The number of carbonyl (C=O) groups excluding carboxylic acids is 3. The largest absolute Gasteiger partial charge is 0.326 e. The maximum atomic E-state index is 12.7. The zero-order valence-electron chi connectivity index (χ0n) is 9.90. The average molecular weight is 265 g/mol. The van der Waals surface area contributed by atoms with Gasteiger partial charge in [-0.25, -0.2) is 9.18 Å². The van der Waals surface area contributed by atoms with Gasteiger partial charge in [-0.15, -0.1) is 0 Å². The molecule has 100 valence electrons. The van der Waals surface area contributed by atoms with Crippen LogP contribution in [-0.2, 0) is 9.59 Å². The molecule has 0 aromatic heterocycles. The standard InChI is InChI=1S/C12H12FN3O3/c13-7-1-3-8(4-2-7)14-10(17)6-5-9-11(18)16-12(19)15-9/h1-4,9H,5-6H2,(H,14,17)(H2,15,16,18,19)/t9-/m0/s1. The molecule has 1 heterocycles. The van der Waals surface area contributed by atoms with Gasteiger partial charge in [-0.05, 0) is 30.7 Å². The van der Waals surface area contributed by atoms with Crippen molar-refractivity contribution >= 4 is 23.5 Å². The zero-order chi connectivity index (χ0) is 13.8. The van der Waals surface area contributed by atoms with Crippen LogP contribution in [0.4, 0.5) is 14.9 Å². The summed E-state index contributed by atoms with van der Waals surface area (Å²) < 4.78 is 12.7. The lowest BCUT2D eigenvalue weighted by Crippen LogP contribution is -2.30. The van der Waals surface area contributed by atoms with Crippen molar-refractivity contribution in [1.29, 1.82) is 0 Å². The Morgan fingerprint density at radius 3 is 2.53 bits per heavy atom. The van der Waals surface area contributed by atoms with E-state index in [4.69, 9.17) is 0 Å². The van der Waals surface area contributed by atoms with Crippen LogP contribution in [0, 0.1) is 5.82 Å². The molecule has 0 saturated carbocycles. The Morgan fingerprint density at radius 2 is 1.95 bits per heavy atom. The predicted octanol–water partition coefficient (Wildman–Crippen LogP) is 0.752. The number of benzene rings is 1. The summed E-state index contributed by atoms with van der Waals surface area (Å²) in [6.07, 6.45) is 0.292. The first kappa shape index (κ1) is 13.0. The Balaban J connectivity index is 1.80.